The fourth-order valence-electron chi connectivity index (χ4n) is 1.01. The number of benzene rings is 1. The Kier molecular flexibility index (Phi) is 3.16. The summed E-state index contributed by atoms with van der Waals surface area (Å²) in [6, 6.07) is 5.02. The molecule has 0 aliphatic carbocycles. The molecule has 5 heteroatoms. The molecule has 0 radical (unpaired) electrons. The Hall–Kier alpha value is -1.03. The normalized spacial score (nSPS) is 13.7. The minimum Gasteiger partial charge on any atom is -0.302 e. The SMILES string of the molecule is O=CC(c1ccc(Cl)cc1)C(F)(F)F. The van der Waals surface area contributed by atoms with Crippen molar-refractivity contribution in [3.05, 3.63) is 34.9 Å². The second-order valence-electron chi connectivity index (χ2n) is 2.71. The Balaban J connectivity index is 3.02. The lowest BCUT2D eigenvalue weighted by atomic mass is 10.0. The van der Waals surface area contributed by atoms with Crippen LogP contribution in [0.3, 0.4) is 0 Å². The lowest BCUT2D eigenvalue weighted by Gasteiger charge is -2.14. The van der Waals surface area contributed by atoms with Crippen molar-refractivity contribution in [1.29, 1.82) is 0 Å². The van der Waals surface area contributed by atoms with Gasteiger partial charge in [0.2, 0.25) is 0 Å². The van der Waals surface area contributed by atoms with E-state index >= 15 is 0 Å². The van der Waals surface area contributed by atoms with E-state index in [1.165, 1.54) is 24.3 Å². The fraction of sp³-hybridized carbons (Fsp3) is 0.222. The van der Waals surface area contributed by atoms with E-state index in [0.717, 1.165) is 0 Å². The van der Waals surface area contributed by atoms with Gasteiger partial charge in [0.1, 0.15) is 12.2 Å². The van der Waals surface area contributed by atoms with Gasteiger partial charge in [-0.15, -0.1) is 0 Å². The molecule has 76 valence electrons. The Labute approximate surface area is 83.5 Å². The van der Waals surface area contributed by atoms with E-state index in [1.807, 2.05) is 0 Å². The van der Waals surface area contributed by atoms with E-state index in [2.05, 4.69) is 0 Å². The first-order chi connectivity index (χ1) is 6.45. The van der Waals surface area contributed by atoms with Crippen LogP contribution in [0.4, 0.5) is 13.2 Å². The maximum Gasteiger partial charge on any atom is 0.402 e. The highest BCUT2D eigenvalue weighted by Crippen LogP contribution is 2.33. The number of carbonyl (C=O) groups excluding carboxylic acids is 1. The first-order valence-corrected chi connectivity index (χ1v) is 4.10. The molecule has 1 rings (SSSR count). The predicted molar refractivity (Wildman–Crippen MR) is 46.3 cm³/mol. The summed E-state index contributed by atoms with van der Waals surface area (Å²) in [5, 5.41) is 0.334. The van der Waals surface area contributed by atoms with Crippen LogP contribution in [0, 0.1) is 0 Å². The lowest BCUT2D eigenvalue weighted by Crippen LogP contribution is -2.21. The van der Waals surface area contributed by atoms with Crippen LogP contribution in [0.5, 0.6) is 0 Å². The number of hydrogen-bond acceptors (Lipinski definition) is 1. The Morgan fingerprint density at radius 1 is 1.21 bits per heavy atom. The van der Waals surface area contributed by atoms with Gasteiger partial charge in [-0.3, -0.25) is 0 Å². The molecule has 0 N–H and O–H groups in total. The van der Waals surface area contributed by atoms with Crippen molar-refractivity contribution in [3.63, 3.8) is 0 Å². The molecule has 0 aliphatic rings. The second-order valence-corrected chi connectivity index (χ2v) is 3.14. The molecule has 1 atom stereocenters. The number of alkyl halides is 3. The minimum atomic E-state index is -4.55. The van der Waals surface area contributed by atoms with Crippen molar-refractivity contribution >= 4 is 17.9 Å². The molecule has 14 heavy (non-hydrogen) atoms. The van der Waals surface area contributed by atoms with E-state index in [0.29, 0.717) is 5.02 Å². The van der Waals surface area contributed by atoms with Gasteiger partial charge in [-0.05, 0) is 17.7 Å². The summed E-state index contributed by atoms with van der Waals surface area (Å²) in [6.45, 7) is 0. The summed E-state index contributed by atoms with van der Waals surface area (Å²) in [5.41, 5.74) is -0.100. The third-order valence-corrected chi connectivity index (χ3v) is 1.97. The Morgan fingerprint density at radius 3 is 2.07 bits per heavy atom. The van der Waals surface area contributed by atoms with Crippen molar-refractivity contribution in [2.24, 2.45) is 0 Å². The van der Waals surface area contributed by atoms with Crippen LogP contribution in [0.1, 0.15) is 11.5 Å². The quantitative estimate of drug-likeness (QED) is 0.703. The lowest BCUT2D eigenvalue weighted by molar-refractivity contribution is -0.155. The van der Waals surface area contributed by atoms with Gasteiger partial charge in [0.25, 0.3) is 0 Å². The molecule has 0 aromatic heterocycles. The fourth-order valence-corrected chi connectivity index (χ4v) is 1.14. The van der Waals surface area contributed by atoms with E-state index in [4.69, 9.17) is 11.6 Å². The Bertz CT molecular complexity index is 318. The molecule has 1 aromatic carbocycles. The number of aldehydes is 1. The standard InChI is InChI=1S/C9H6ClF3O/c10-7-3-1-6(2-4-7)8(5-14)9(11,12)13/h1-5,8H. The van der Waals surface area contributed by atoms with Crippen LogP contribution in [-0.4, -0.2) is 12.5 Å². The highest BCUT2D eigenvalue weighted by molar-refractivity contribution is 6.30. The molecule has 1 nitrogen and oxygen atoms in total. The molecule has 0 spiro atoms. The van der Waals surface area contributed by atoms with Crippen LogP contribution >= 0.6 is 11.6 Å². The first kappa shape index (κ1) is 11.0. The first-order valence-electron chi connectivity index (χ1n) is 3.72. The zero-order valence-corrected chi connectivity index (χ0v) is 7.64. The van der Waals surface area contributed by atoms with Gasteiger partial charge >= 0.3 is 6.18 Å². The smallest absolute Gasteiger partial charge is 0.302 e. The topological polar surface area (TPSA) is 17.1 Å². The maximum atomic E-state index is 12.2. The third-order valence-electron chi connectivity index (χ3n) is 1.72. The van der Waals surface area contributed by atoms with Crippen LogP contribution < -0.4 is 0 Å². The highest BCUT2D eigenvalue weighted by Gasteiger charge is 2.40. The van der Waals surface area contributed by atoms with Crippen LogP contribution in [0.15, 0.2) is 24.3 Å². The molecule has 0 amide bonds. The van der Waals surface area contributed by atoms with Crippen LogP contribution in [0.25, 0.3) is 0 Å². The highest BCUT2D eigenvalue weighted by atomic mass is 35.5. The van der Waals surface area contributed by atoms with Crippen molar-refractivity contribution in [2.45, 2.75) is 12.1 Å². The monoisotopic (exact) mass is 222 g/mol. The van der Waals surface area contributed by atoms with E-state index in [-0.39, 0.29) is 11.8 Å². The average Bonchev–Trinajstić information content (AvgIpc) is 2.07. The third kappa shape index (κ3) is 2.48. The van der Waals surface area contributed by atoms with Gasteiger partial charge in [-0.2, -0.15) is 13.2 Å². The molecule has 0 fully saturated rings. The van der Waals surface area contributed by atoms with E-state index in [9.17, 15) is 18.0 Å². The molecule has 0 saturated heterocycles. The number of rotatable bonds is 2. The second kappa shape index (κ2) is 4.00. The number of carbonyl (C=O) groups is 1. The van der Waals surface area contributed by atoms with Gasteiger partial charge in [0.05, 0.1) is 0 Å². The largest absolute Gasteiger partial charge is 0.402 e. The summed E-state index contributed by atoms with van der Waals surface area (Å²) < 4.78 is 36.7. The van der Waals surface area contributed by atoms with Crippen LogP contribution in [-0.2, 0) is 4.79 Å². The molecular formula is C9H6ClF3O. The van der Waals surface area contributed by atoms with Crippen molar-refractivity contribution < 1.29 is 18.0 Å². The van der Waals surface area contributed by atoms with Gasteiger partial charge in [0.15, 0.2) is 0 Å². The molecule has 1 aromatic rings. The predicted octanol–water partition coefficient (Wildman–Crippen LogP) is 3.18. The van der Waals surface area contributed by atoms with Crippen molar-refractivity contribution in [1.82, 2.24) is 0 Å². The number of halogens is 4. The van der Waals surface area contributed by atoms with Crippen LogP contribution in [0.2, 0.25) is 5.02 Å². The zero-order chi connectivity index (χ0) is 10.8. The zero-order valence-electron chi connectivity index (χ0n) is 6.88. The summed E-state index contributed by atoms with van der Waals surface area (Å²) in [7, 11) is 0. The molecule has 0 aliphatic heterocycles. The summed E-state index contributed by atoms with van der Waals surface area (Å²) in [5.74, 6) is -2.07. The van der Waals surface area contributed by atoms with E-state index < -0.39 is 12.1 Å². The molecule has 0 saturated carbocycles. The summed E-state index contributed by atoms with van der Waals surface area (Å²) in [4.78, 5) is 10.3. The molecule has 0 bridgehead atoms. The molecule has 1 unspecified atom stereocenters. The maximum absolute atomic E-state index is 12.2. The molecular weight excluding hydrogens is 217 g/mol. The molecule has 0 heterocycles. The summed E-state index contributed by atoms with van der Waals surface area (Å²) >= 11 is 5.50. The van der Waals surface area contributed by atoms with Crippen molar-refractivity contribution in [2.75, 3.05) is 0 Å². The Morgan fingerprint density at radius 2 is 1.71 bits per heavy atom. The van der Waals surface area contributed by atoms with E-state index in [1.54, 1.807) is 0 Å². The van der Waals surface area contributed by atoms with Gasteiger partial charge in [-0.1, -0.05) is 23.7 Å². The summed E-state index contributed by atoms with van der Waals surface area (Å²) in [6.07, 6.45) is -4.67. The average molecular weight is 223 g/mol. The van der Waals surface area contributed by atoms with Gasteiger partial charge in [0, 0.05) is 5.02 Å². The number of hydrogen-bond donors (Lipinski definition) is 0. The minimum absolute atomic E-state index is 0.100. The van der Waals surface area contributed by atoms with Gasteiger partial charge in [-0.25, -0.2) is 0 Å². The van der Waals surface area contributed by atoms with Gasteiger partial charge < -0.3 is 4.79 Å². The van der Waals surface area contributed by atoms with Crippen molar-refractivity contribution in [3.8, 4) is 0 Å².